The fourth-order valence-corrected chi connectivity index (χ4v) is 3.39. The summed E-state index contributed by atoms with van der Waals surface area (Å²) in [5.41, 5.74) is 3.37. The summed E-state index contributed by atoms with van der Waals surface area (Å²) in [7, 11) is 0. The van der Waals surface area contributed by atoms with Crippen LogP contribution in [0.25, 0.3) is 17.1 Å². The Balaban J connectivity index is 1.80. The SMILES string of the molecule is CCc1ccc(-c2cc(C(=O)NC(C)(C)C)cc(-n3ccnc3C3CC3)n2)cc1. The number of nitrogens with zero attached hydrogens (tertiary/aromatic N) is 3. The number of hydrogen-bond donors (Lipinski definition) is 1. The number of pyridine rings is 1. The second-order valence-electron chi connectivity index (χ2n) is 8.78. The minimum Gasteiger partial charge on any atom is -0.347 e. The van der Waals surface area contributed by atoms with Gasteiger partial charge in [0.15, 0.2) is 0 Å². The maximum absolute atomic E-state index is 12.9. The van der Waals surface area contributed by atoms with Crippen molar-refractivity contribution >= 4 is 5.91 Å². The molecule has 1 fully saturated rings. The Morgan fingerprint density at radius 2 is 1.90 bits per heavy atom. The summed E-state index contributed by atoms with van der Waals surface area (Å²) >= 11 is 0. The molecule has 150 valence electrons. The van der Waals surface area contributed by atoms with Crippen molar-refractivity contribution in [3.8, 4) is 17.1 Å². The lowest BCUT2D eigenvalue weighted by atomic mass is 10.0. The Morgan fingerprint density at radius 3 is 2.52 bits per heavy atom. The standard InChI is InChI=1S/C24H28N4O/c1-5-16-6-8-17(9-7-16)20-14-19(23(29)27-24(2,3)4)15-21(26-20)28-13-12-25-22(28)18-10-11-18/h6-9,12-15,18H,5,10-11H2,1-4H3,(H,27,29). The third kappa shape index (κ3) is 4.39. The second kappa shape index (κ2) is 7.47. The molecule has 0 atom stereocenters. The van der Waals surface area contributed by atoms with Crippen LogP contribution in [-0.4, -0.2) is 26.0 Å². The van der Waals surface area contributed by atoms with Gasteiger partial charge in [0.25, 0.3) is 5.91 Å². The van der Waals surface area contributed by atoms with Crippen molar-refractivity contribution in [3.63, 3.8) is 0 Å². The largest absolute Gasteiger partial charge is 0.347 e. The molecule has 29 heavy (non-hydrogen) atoms. The van der Waals surface area contributed by atoms with Gasteiger partial charge in [-0.2, -0.15) is 0 Å². The van der Waals surface area contributed by atoms with E-state index in [-0.39, 0.29) is 11.4 Å². The molecule has 5 nitrogen and oxygen atoms in total. The van der Waals surface area contributed by atoms with Gasteiger partial charge in [-0.15, -0.1) is 0 Å². The third-order valence-corrected chi connectivity index (χ3v) is 5.08. The van der Waals surface area contributed by atoms with Gasteiger partial charge in [-0.25, -0.2) is 9.97 Å². The molecule has 2 heterocycles. The van der Waals surface area contributed by atoms with E-state index in [2.05, 4.69) is 41.5 Å². The minimum atomic E-state index is -0.308. The van der Waals surface area contributed by atoms with Crippen LogP contribution < -0.4 is 5.32 Å². The number of rotatable bonds is 5. The molecule has 5 heteroatoms. The second-order valence-corrected chi connectivity index (χ2v) is 8.78. The van der Waals surface area contributed by atoms with Crippen molar-refractivity contribution in [2.24, 2.45) is 0 Å². The van der Waals surface area contributed by atoms with Crippen LogP contribution in [0.3, 0.4) is 0 Å². The van der Waals surface area contributed by atoms with Crippen molar-refractivity contribution in [1.82, 2.24) is 19.9 Å². The van der Waals surface area contributed by atoms with Crippen LogP contribution in [-0.2, 0) is 6.42 Å². The van der Waals surface area contributed by atoms with Crippen LogP contribution in [0.4, 0.5) is 0 Å². The molecule has 1 saturated carbocycles. The Bertz CT molecular complexity index is 1020. The van der Waals surface area contributed by atoms with Gasteiger partial charge in [0.05, 0.1) is 5.69 Å². The smallest absolute Gasteiger partial charge is 0.251 e. The van der Waals surface area contributed by atoms with Crippen LogP contribution in [0.2, 0.25) is 0 Å². The van der Waals surface area contributed by atoms with E-state index in [4.69, 9.17) is 4.98 Å². The number of hydrogen-bond acceptors (Lipinski definition) is 3. The molecule has 1 aliphatic rings. The van der Waals surface area contributed by atoms with E-state index in [1.807, 2.05) is 49.9 Å². The van der Waals surface area contributed by atoms with Gasteiger partial charge in [0.2, 0.25) is 0 Å². The summed E-state index contributed by atoms with van der Waals surface area (Å²) in [5.74, 6) is 2.16. The lowest BCUT2D eigenvalue weighted by Crippen LogP contribution is -2.40. The Hall–Kier alpha value is -2.95. The predicted molar refractivity (Wildman–Crippen MR) is 115 cm³/mol. The van der Waals surface area contributed by atoms with Crippen molar-refractivity contribution in [1.29, 1.82) is 0 Å². The van der Waals surface area contributed by atoms with Gasteiger partial charge < -0.3 is 5.32 Å². The normalized spacial score (nSPS) is 14.1. The highest BCUT2D eigenvalue weighted by atomic mass is 16.1. The lowest BCUT2D eigenvalue weighted by Gasteiger charge is -2.21. The fourth-order valence-electron chi connectivity index (χ4n) is 3.39. The summed E-state index contributed by atoms with van der Waals surface area (Å²) in [6.07, 6.45) is 7.06. The van der Waals surface area contributed by atoms with Crippen molar-refractivity contribution < 1.29 is 4.79 Å². The Labute approximate surface area is 172 Å². The fraction of sp³-hybridized carbons (Fsp3) is 0.375. The molecule has 1 aliphatic carbocycles. The average molecular weight is 389 g/mol. The summed E-state index contributed by atoms with van der Waals surface area (Å²) in [6, 6.07) is 12.1. The predicted octanol–water partition coefficient (Wildman–Crippen LogP) is 4.90. The minimum absolute atomic E-state index is 0.0966. The lowest BCUT2D eigenvalue weighted by molar-refractivity contribution is 0.0919. The first-order valence-corrected chi connectivity index (χ1v) is 10.3. The third-order valence-electron chi connectivity index (χ3n) is 5.08. The monoisotopic (exact) mass is 388 g/mol. The van der Waals surface area contributed by atoms with Gasteiger partial charge in [0.1, 0.15) is 11.6 Å². The molecule has 0 saturated heterocycles. The van der Waals surface area contributed by atoms with Crippen molar-refractivity contribution in [2.75, 3.05) is 0 Å². The molecule has 0 unspecified atom stereocenters. The molecular weight excluding hydrogens is 360 g/mol. The van der Waals surface area contributed by atoms with E-state index in [0.29, 0.717) is 11.5 Å². The van der Waals surface area contributed by atoms with Crippen LogP contribution in [0.1, 0.15) is 68.2 Å². The maximum atomic E-state index is 12.9. The Kier molecular flexibility index (Phi) is 4.99. The number of imidazole rings is 1. The molecule has 0 bridgehead atoms. The topological polar surface area (TPSA) is 59.8 Å². The van der Waals surface area contributed by atoms with E-state index in [9.17, 15) is 4.79 Å². The summed E-state index contributed by atoms with van der Waals surface area (Å²) in [5, 5.41) is 3.06. The highest BCUT2D eigenvalue weighted by Crippen LogP contribution is 2.39. The molecule has 1 aromatic carbocycles. The number of nitrogens with one attached hydrogen (secondary N) is 1. The van der Waals surface area contributed by atoms with Crippen LogP contribution in [0, 0.1) is 0 Å². The number of benzene rings is 1. The highest BCUT2D eigenvalue weighted by Gasteiger charge is 2.29. The average Bonchev–Trinajstić information content (AvgIpc) is 3.42. The Morgan fingerprint density at radius 1 is 1.17 bits per heavy atom. The molecule has 4 rings (SSSR count). The molecule has 2 aromatic heterocycles. The molecule has 0 radical (unpaired) electrons. The molecule has 3 aromatic rings. The summed E-state index contributed by atoms with van der Waals surface area (Å²) < 4.78 is 2.02. The number of amides is 1. The van der Waals surface area contributed by atoms with E-state index in [1.54, 1.807) is 0 Å². The van der Waals surface area contributed by atoms with E-state index in [0.717, 1.165) is 42.2 Å². The zero-order valence-electron chi connectivity index (χ0n) is 17.6. The van der Waals surface area contributed by atoms with Gasteiger partial charge in [-0.05, 0) is 57.7 Å². The number of aryl methyl sites for hydroxylation is 1. The first-order valence-electron chi connectivity index (χ1n) is 10.3. The molecule has 0 spiro atoms. The zero-order valence-corrected chi connectivity index (χ0v) is 17.6. The van der Waals surface area contributed by atoms with Gasteiger partial charge in [-0.1, -0.05) is 31.2 Å². The van der Waals surface area contributed by atoms with E-state index in [1.165, 1.54) is 5.56 Å². The molecule has 1 amide bonds. The number of aromatic nitrogens is 3. The van der Waals surface area contributed by atoms with Crippen LogP contribution >= 0.6 is 0 Å². The van der Waals surface area contributed by atoms with Crippen LogP contribution in [0.5, 0.6) is 0 Å². The maximum Gasteiger partial charge on any atom is 0.251 e. The number of carbonyl (C=O) groups excluding carboxylic acids is 1. The van der Waals surface area contributed by atoms with Gasteiger partial charge in [-0.3, -0.25) is 9.36 Å². The number of carbonyl (C=O) groups is 1. The summed E-state index contributed by atoms with van der Waals surface area (Å²) in [6.45, 7) is 8.09. The molecule has 1 N–H and O–H groups in total. The van der Waals surface area contributed by atoms with Crippen molar-refractivity contribution in [3.05, 3.63) is 65.7 Å². The first kappa shape index (κ1) is 19.4. The summed E-state index contributed by atoms with van der Waals surface area (Å²) in [4.78, 5) is 22.4. The first-order chi connectivity index (χ1) is 13.8. The molecule has 0 aliphatic heterocycles. The van der Waals surface area contributed by atoms with E-state index < -0.39 is 0 Å². The molecular formula is C24H28N4O. The zero-order chi connectivity index (χ0) is 20.6. The van der Waals surface area contributed by atoms with E-state index >= 15 is 0 Å². The van der Waals surface area contributed by atoms with Crippen LogP contribution in [0.15, 0.2) is 48.8 Å². The highest BCUT2D eigenvalue weighted by molar-refractivity contribution is 5.96. The quantitative estimate of drug-likeness (QED) is 0.676. The van der Waals surface area contributed by atoms with Gasteiger partial charge >= 0.3 is 0 Å². The van der Waals surface area contributed by atoms with Gasteiger partial charge in [0, 0.05) is 35.0 Å². The van der Waals surface area contributed by atoms with Crippen molar-refractivity contribution in [2.45, 2.75) is 58.4 Å².